The summed E-state index contributed by atoms with van der Waals surface area (Å²) in [7, 11) is 0. The summed E-state index contributed by atoms with van der Waals surface area (Å²) in [4.78, 5) is 18.8. The van der Waals surface area contributed by atoms with E-state index in [9.17, 15) is 4.79 Å². The Morgan fingerprint density at radius 3 is 2.92 bits per heavy atom. The normalized spacial score (nSPS) is 17.8. The topological polar surface area (TPSA) is 80.7 Å². The van der Waals surface area contributed by atoms with Crippen LogP contribution in [0.4, 0.5) is 10.5 Å². The smallest absolute Gasteiger partial charge is 0.322 e. The standard InChI is InChI=1S/C18H19N3O4/c1-11-3-6-16(24-11)15-10-23-8-7-21(15)18(22)20-13-4-5-14-17(9-13)25-12(2)19-14/h3-6,9,15H,7-8,10H2,1-2H3,(H,20,22)/t15-/m0/s1. The van der Waals surface area contributed by atoms with Crippen LogP contribution in [0, 0.1) is 13.8 Å². The van der Waals surface area contributed by atoms with Crippen molar-refractivity contribution in [2.45, 2.75) is 19.9 Å². The number of carbonyl (C=O) groups excluding carboxylic acids is 1. The number of anilines is 1. The fourth-order valence-electron chi connectivity index (χ4n) is 3.03. The molecule has 0 spiro atoms. The van der Waals surface area contributed by atoms with Crippen LogP contribution >= 0.6 is 0 Å². The molecule has 0 bridgehead atoms. The van der Waals surface area contributed by atoms with E-state index in [0.29, 0.717) is 36.9 Å². The molecule has 1 aromatic carbocycles. The highest BCUT2D eigenvalue weighted by Gasteiger charge is 2.31. The number of fused-ring (bicyclic) bond motifs is 1. The lowest BCUT2D eigenvalue weighted by Crippen LogP contribution is -2.45. The summed E-state index contributed by atoms with van der Waals surface area (Å²) in [6.07, 6.45) is 0. The number of nitrogens with zero attached hydrogens (tertiary/aromatic N) is 2. The first-order chi connectivity index (χ1) is 12.1. The summed E-state index contributed by atoms with van der Waals surface area (Å²) in [6, 6.07) is 8.76. The van der Waals surface area contributed by atoms with E-state index in [1.165, 1.54) is 0 Å². The number of morpholine rings is 1. The van der Waals surface area contributed by atoms with Crippen molar-refractivity contribution >= 4 is 22.8 Å². The lowest BCUT2D eigenvalue weighted by Gasteiger charge is -2.34. The fourth-order valence-corrected chi connectivity index (χ4v) is 3.03. The molecule has 130 valence electrons. The van der Waals surface area contributed by atoms with Crippen molar-refractivity contribution in [3.8, 4) is 0 Å². The fraction of sp³-hybridized carbons (Fsp3) is 0.333. The Morgan fingerprint density at radius 1 is 1.24 bits per heavy atom. The van der Waals surface area contributed by atoms with Crippen molar-refractivity contribution in [1.82, 2.24) is 9.88 Å². The van der Waals surface area contributed by atoms with Crippen LogP contribution in [0.5, 0.6) is 0 Å². The largest absolute Gasteiger partial charge is 0.464 e. The van der Waals surface area contributed by atoms with Gasteiger partial charge in [0.15, 0.2) is 11.5 Å². The van der Waals surface area contributed by atoms with Gasteiger partial charge in [-0.1, -0.05) is 0 Å². The lowest BCUT2D eigenvalue weighted by molar-refractivity contribution is 0.00710. The van der Waals surface area contributed by atoms with E-state index in [1.54, 1.807) is 17.9 Å². The van der Waals surface area contributed by atoms with Gasteiger partial charge in [0.2, 0.25) is 0 Å². The number of aryl methyl sites for hydroxylation is 2. The zero-order chi connectivity index (χ0) is 17.4. The lowest BCUT2D eigenvalue weighted by atomic mass is 10.2. The molecule has 3 heterocycles. The van der Waals surface area contributed by atoms with E-state index in [-0.39, 0.29) is 12.1 Å². The molecule has 2 aromatic heterocycles. The van der Waals surface area contributed by atoms with Gasteiger partial charge in [0.1, 0.15) is 23.1 Å². The number of furan rings is 1. The van der Waals surface area contributed by atoms with Gasteiger partial charge in [0, 0.05) is 25.2 Å². The second-order valence-corrected chi connectivity index (χ2v) is 6.08. The molecular weight excluding hydrogens is 322 g/mol. The van der Waals surface area contributed by atoms with Gasteiger partial charge in [-0.3, -0.25) is 0 Å². The molecular formula is C18H19N3O4. The summed E-state index contributed by atoms with van der Waals surface area (Å²) in [5, 5.41) is 2.92. The van der Waals surface area contributed by atoms with Crippen molar-refractivity contribution in [3.63, 3.8) is 0 Å². The molecule has 1 aliphatic heterocycles. The molecule has 2 amide bonds. The maximum absolute atomic E-state index is 12.8. The Bertz CT molecular complexity index is 914. The van der Waals surface area contributed by atoms with Gasteiger partial charge in [-0.05, 0) is 31.2 Å². The maximum Gasteiger partial charge on any atom is 0.322 e. The van der Waals surface area contributed by atoms with Crippen LogP contribution in [0.2, 0.25) is 0 Å². The van der Waals surface area contributed by atoms with Crippen molar-refractivity contribution in [3.05, 3.63) is 47.7 Å². The Morgan fingerprint density at radius 2 is 2.12 bits per heavy atom. The molecule has 0 unspecified atom stereocenters. The van der Waals surface area contributed by atoms with Gasteiger partial charge in [0.05, 0.1) is 13.2 Å². The van der Waals surface area contributed by atoms with Crippen LogP contribution in [0.3, 0.4) is 0 Å². The second-order valence-electron chi connectivity index (χ2n) is 6.08. The predicted molar refractivity (Wildman–Crippen MR) is 91.5 cm³/mol. The summed E-state index contributed by atoms with van der Waals surface area (Å²) in [5.41, 5.74) is 2.08. The molecule has 1 N–H and O–H groups in total. The number of nitrogens with one attached hydrogen (secondary N) is 1. The predicted octanol–water partition coefficient (Wildman–Crippen LogP) is 3.64. The Kier molecular flexibility index (Phi) is 3.93. The molecule has 25 heavy (non-hydrogen) atoms. The molecule has 0 radical (unpaired) electrons. The zero-order valence-corrected chi connectivity index (χ0v) is 14.1. The van der Waals surface area contributed by atoms with E-state index < -0.39 is 0 Å². The molecule has 1 fully saturated rings. The first kappa shape index (κ1) is 15.7. The number of benzene rings is 1. The summed E-state index contributed by atoms with van der Waals surface area (Å²) < 4.78 is 16.7. The highest BCUT2D eigenvalue weighted by molar-refractivity contribution is 5.91. The molecule has 4 rings (SSSR count). The third-order valence-corrected chi connectivity index (χ3v) is 4.23. The van der Waals surface area contributed by atoms with E-state index in [0.717, 1.165) is 17.0 Å². The Labute approximate surface area is 144 Å². The number of aromatic nitrogens is 1. The average Bonchev–Trinajstić information content (AvgIpc) is 3.19. The highest BCUT2D eigenvalue weighted by Crippen LogP contribution is 2.27. The number of rotatable bonds is 2. The zero-order valence-electron chi connectivity index (χ0n) is 14.1. The third-order valence-electron chi connectivity index (χ3n) is 4.23. The maximum atomic E-state index is 12.8. The van der Waals surface area contributed by atoms with Crippen LogP contribution in [0.1, 0.15) is 23.5 Å². The van der Waals surface area contributed by atoms with Gasteiger partial charge in [-0.25, -0.2) is 9.78 Å². The van der Waals surface area contributed by atoms with Crippen LogP contribution in [0.25, 0.3) is 11.1 Å². The highest BCUT2D eigenvalue weighted by atomic mass is 16.5. The summed E-state index contributed by atoms with van der Waals surface area (Å²) >= 11 is 0. The van der Waals surface area contributed by atoms with E-state index in [4.69, 9.17) is 13.6 Å². The average molecular weight is 341 g/mol. The Hall–Kier alpha value is -2.80. The molecule has 1 aliphatic rings. The third kappa shape index (κ3) is 3.10. The number of amides is 2. The van der Waals surface area contributed by atoms with E-state index >= 15 is 0 Å². The molecule has 0 aliphatic carbocycles. The number of hydrogen-bond acceptors (Lipinski definition) is 5. The minimum absolute atomic E-state index is 0.196. The quantitative estimate of drug-likeness (QED) is 0.769. The van der Waals surface area contributed by atoms with Crippen LogP contribution < -0.4 is 5.32 Å². The second kappa shape index (κ2) is 6.25. The van der Waals surface area contributed by atoms with Crippen LogP contribution in [-0.4, -0.2) is 35.7 Å². The first-order valence-electron chi connectivity index (χ1n) is 8.19. The number of urea groups is 1. The van der Waals surface area contributed by atoms with Crippen molar-refractivity contribution in [2.75, 3.05) is 25.1 Å². The molecule has 3 aromatic rings. The molecule has 1 saturated heterocycles. The van der Waals surface area contributed by atoms with E-state index in [2.05, 4.69) is 10.3 Å². The van der Waals surface area contributed by atoms with Gasteiger partial charge in [-0.2, -0.15) is 0 Å². The SMILES string of the molecule is Cc1ccc([C@@H]2COCCN2C(=O)Nc2ccc3nc(C)oc3c2)o1. The first-order valence-corrected chi connectivity index (χ1v) is 8.19. The molecule has 1 atom stereocenters. The number of hydrogen-bond donors (Lipinski definition) is 1. The molecule has 7 nitrogen and oxygen atoms in total. The number of ether oxygens (including phenoxy) is 1. The Balaban J connectivity index is 1.55. The van der Waals surface area contributed by atoms with Gasteiger partial charge in [0.25, 0.3) is 0 Å². The molecule has 7 heteroatoms. The van der Waals surface area contributed by atoms with Crippen molar-refractivity contribution in [2.24, 2.45) is 0 Å². The van der Waals surface area contributed by atoms with Crippen molar-refractivity contribution in [1.29, 1.82) is 0 Å². The summed E-state index contributed by atoms with van der Waals surface area (Å²) in [5.74, 6) is 2.14. The molecule has 0 saturated carbocycles. The van der Waals surface area contributed by atoms with Crippen LogP contribution in [0.15, 0.2) is 39.2 Å². The van der Waals surface area contributed by atoms with Crippen LogP contribution in [-0.2, 0) is 4.74 Å². The minimum Gasteiger partial charge on any atom is -0.464 e. The van der Waals surface area contributed by atoms with Gasteiger partial charge < -0.3 is 23.8 Å². The summed E-state index contributed by atoms with van der Waals surface area (Å²) in [6.45, 7) is 5.10. The minimum atomic E-state index is -0.237. The van der Waals surface area contributed by atoms with Gasteiger partial charge >= 0.3 is 6.03 Å². The monoisotopic (exact) mass is 341 g/mol. The van der Waals surface area contributed by atoms with E-state index in [1.807, 2.05) is 31.2 Å². The van der Waals surface area contributed by atoms with Gasteiger partial charge in [-0.15, -0.1) is 0 Å². The number of oxazole rings is 1. The number of carbonyl (C=O) groups is 1. The van der Waals surface area contributed by atoms with Crippen molar-refractivity contribution < 1.29 is 18.4 Å².